The van der Waals surface area contributed by atoms with Crippen LogP contribution >= 0.6 is 0 Å². The molecule has 0 radical (unpaired) electrons. The first-order valence-corrected chi connectivity index (χ1v) is 8.53. The van der Waals surface area contributed by atoms with E-state index in [0.717, 1.165) is 43.1 Å². The molecule has 0 saturated carbocycles. The molecular weight excluding hydrogens is 317 g/mol. The molecule has 0 heterocycles. The summed E-state index contributed by atoms with van der Waals surface area (Å²) in [6.07, 6.45) is 2.73. The number of rotatable bonds is 8. The van der Waals surface area contributed by atoms with Crippen LogP contribution < -0.4 is 15.4 Å². The molecule has 0 atom stereocenters. The third kappa shape index (κ3) is 6.83. The van der Waals surface area contributed by atoms with E-state index in [1.807, 2.05) is 18.2 Å². The van der Waals surface area contributed by atoms with Gasteiger partial charge in [0.1, 0.15) is 11.6 Å². The number of hydrogen-bond acceptors (Lipinski definition) is 2. The smallest absolute Gasteiger partial charge is 0.190 e. The van der Waals surface area contributed by atoms with E-state index in [2.05, 4.69) is 27.8 Å². The monoisotopic (exact) mass is 343 g/mol. The standard InChI is InChI=1S/C20H26FN3O/c1-22-20(24-13-11-17-6-3-9-18(21)14-17)23-12-5-8-16-7-4-10-19(15-16)25-2/h3-4,6-7,9-10,14-15H,5,8,11-13H2,1-2H3,(H2,22,23,24). The van der Waals surface area contributed by atoms with Gasteiger partial charge in [-0.25, -0.2) is 4.39 Å². The maximum atomic E-state index is 13.1. The van der Waals surface area contributed by atoms with Crippen molar-refractivity contribution in [2.45, 2.75) is 19.3 Å². The molecule has 2 aromatic carbocycles. The van der Waals surface area contributed by atoms with Gasteiger partial charge in [-0.15, -0.1) is 0 Å². The Labute approximate surface area is 149 Å². The first-order valence-electron chi connectivity index (χ1n) is 8.53. The Morgan fingerprint density at radius 3 is 2.44 bits per heavy atom. The summed E-state index contributed by atoms with van der Waals surface area (Å²) in [4.78, 5) is 4.21. The molecule has 2 aromatic rings. The SMILES string of the molecule is CN=C(NCCCc1cccc(OC)c1)NCCc1cccc(F)c1. The molecule has 0 aromatic heterocycles. The quantitative estimate of drug-likeness (QED) is 0.440. The van der Waals surface area contributed by atoms with Gasteiger partial charge in [0.2, 0.25) is 0 Å². The topological polar surface area (TPSA) is 45.7 Å². The van der Waals surface area contributed by atoms with Gasteiger partial charge in [0.05, 0.1) is 7.11 Å². The highest BCUT2D eigenvalue weighted by Crippen LogP contribution is 2.13. The predicted octanol–water partition coefficient (Wildman–Crippen LogP) is 3.17. The minimum atomic E-state index is -0.197. The van der Waals surface area contributed by atoms with Gasteiger partial charge in [0.15, 0.2) is 5.96 Å². The molecule has 0 aliphatic rings. The summed E-state index contributed by atoms with van der Waals surface area (Å²) in [5.41, 5.74) is 2.23. The third-order valence-electron chi connectivity index (χ3n) is 3.89. The van der Waals surface area contributed by atoms with Gasteiger partial charge in [-0.1, -0.05) is 24.3 Å². The Balaban J connectivity index is 1.66. The number of aliphatic imine (C=N–C) groups is 1. The van der Waals surface area contributed by atoms with Crippen LogP contribution in [0.1, 0.15) is 17.5 Å². The molecule has 0 fully saturated rings. The van der Waals surface area contributed by atoms with Crippen LogP contribution in [0.2, 0.25) is 0 Å². The molecule has 0 aliphatic carbocycles. The van der Waals surface area contributed by atoms with Crippen molar-refractivity contribution in [1.82, 2.24) is 10.6 Å². The number of benzene rings is 2. The van der Waals surface area contributed by atoms with Crippen LogP contribution in [0.5, 0.6) is 5.75 Å². The molecule has 2 rings (SSSR count). The number of halogens is 1. The number of nitrogens with zero attached hydrogens (tertiary/aromatic N) is 1. The Kier molecular flexibility index (Phi) is 7.76. The van der Waals surface area contributed by atoms with Gasteiger partial charge in [0.25, 0.3) is 0 Å². The maximum Gasteiger partial charge on any atom is 0.190 e. The average Bonchev–Trinajstić information content (AvgIpc) is 2.64. The van der Waals surface area contributed by atoms with Crippen molar-refractivity contribution in [1.29, 1.82) is 0 Å². The molecule has 0 aliphatic heterocycles. The van der Waals surface area contributed by atoms with Crippen LogP contribution in [0.25, 0.3) is 0 Å². The second kappa shape index (κ2) is 10.3. The molecule has 0 saturated heterocycles. The molecule has 5 heteroatoms. The molecular formula is C20H26FN3O. The molecule has 0 amide bonds. The molecule has 0 unspecified atom stereocenters. The van der Waals surface area contributed by atoms with Gasteiger partial charge in [-0.05, 0) is 54.7 Å². The van der Waals surface area contributed by atoms with E-state index in [1.54, 1.807) is 26.3 Å². The van der Waals surface area contributed by atoms with E-state index in [1.165, 1.54) is 11.6 Å². The van der Waals surface area contributed by atoms with Crippen LogP contribution in [0.4, 0.5) is 4.39 Å². The Bertz CT molecular complexity index is 688. The van der Waals surface area contributed by atoms with Gasteiger partial charge in [-0.3, -0.25) is 4.99 Å². The number of hydrogen-bond donors (Lipinski definition) is 2. The first-order chi connectivity index (χ1) is 12.2. The normalized spacial score (nSPS) is 11.2. The molecule has 0 bridgehead atoms. The zero-order chi connectivity index (χ0) is 17.9. The lowest BCUT2D eigenvalue weighted by Gasteiger charge is -2.12. The van der Waals surface area contributed by atoms with Crippen molar-refractivity contribution >= 4 is 5.96 Å². The van der Waals surface area contributed by atoms with E-state index in [-0.39, 0.29) is 5.82 Å². The fraction of sp³-hybridized carbons (Fsp3) is 0.350. The second-order valence-electron chi connectivity index (χ2n) is 5.76. The van der Waals surface area contributed by atoms with Crippen molar-refractivity contribution < 1.29 is 9.13 Å². The lowest BCUT2D eigenvalue weighted by atomic mass is 10.1. The first kappa shape index (κ1) is 18.8. The van der Waals surface area contributed by atoms with Gasteiger partial charge < -0.3 is 15.4 Å². The summed E-state index contributed by atoms with van der Waals surface area (Å²) in [6.45, 7) is 1.54. The van der Waals surface area contributed by atoms with E-state index in [4.69, 9.17) is 4.74 Å². The summed E-state index contributed by atoms with van der Waals surface area (Å²) in [5.74, 6) is 1.46. The summed E-state index contributed by atoms with van der Waals surface area (Å²) < 4.78 is 18.4. The van der Waals surface area contributed by atoms with Crippen LogP contribution in [-0.2, 0) is 12.8 Å². The van der Waals surface area contributed by atoms with Crippen LogP contribution in [0, 0.1) is 5.82 Å². The van der Waals surface area contributed by atoms with Gasteiger partial charge in [-0.2, -0.15) is 0 Å². The highest BCUT2D eigenvalue weighted by atomic mass is 19.1. The third-order valence-corrected chi connectivity index (χ3v) is 3.89. The number of guanidine groups is 1. The maximum absolute atomic E-state index is 13.1. The Hall–Kier alpha value is -2.56. The second-order valence-corrected chi connectivity index (χ2v) is 5.76. The van der Waals surface area contributed by atoms with Gasteiger partial charge in [0, 0.05) is 20.1 Å². The van der Waals surface area contributed by atoms with E-state index in [9.17, 15) is 4.39 Å². The minimum absolute atomic E-state index is 0.197. The van der Waals surface area contributed by atoms with Crippen molar-refractivity contribution in [2.75, 3.05) is 27.2 Å². The fourth-order valence-corrected chi connectivity index (χ4v) is 2.57. The molecule has 134 valence electrons. The fourth-order valence-electron chi connectivity index (χ4n) is 2.57. The number of nitrogens with one attached hydrogen (secondary N) is 2. The summed E-state index contributed by atoms with van der Waals surface area (Å²) in [5, 5.41) is 6.55. The molecule has 4 nitrogen and oxygen atoms in total. The van der Waals surface area contributed by atoms with Gasteiger partial charge >= 0.3 is 0 Å². The number of aryl methyl sites for hydroxylation is 1. The van der Waals surface area contributed by atoms with Crippen LogP contribution in [0.3, 0.4) is 0 Å². The molecule has 25 heavy (non-hydrogen) atoms. The van der Waals surface area contributed by atoms with Crippen molar-refractivity contribution in [2.24, 2.45) is 4.99 Å². The van der Waals surface area contributed by atoms with Crippen LogP contribution in [-0.4, -0.2) is 33.2 Å². The highest BCUT2D eigenvalue weighted by Gasteiger charge is 2.00. The number of methoxy groups -OCH3 is 1. The van der Waals surface area contributed by atoms with Crippen molar-refractivity contribution in [3.8, 4) is 5.75 Å². The van der Waals surface area contributed by atoms with Crippen molar-refractivity contribution in [3.05, 3.63) is 65.5 Å². The summed E-state index contributed by atoms with van der Waals surface area (Å²) in [6, 6.07) is 14.8. The molecule has 0 spiro atoms. The van der Waals surface area contributed by atoms with E-state index >= 15 is 0 Å². The lowest BCUT2D eigenvalue weighted by molar-refractivity contribution is 0.414. The zero-order valence-corrected chi connectivity index (χ0v) is 14.9. The Morgan fingerprint density at radius 2 is 1.72 bits per heavy atom. The summed E-state index contributed by atoms with van der Waals surface area (Å²) in [7, 11) is 3.43. The zero-order valence-electron chi connectivity index (χ0n) is 14.9. The van der Waals surface area contributed by atoms with Crippen molar-refractivity contribution in [3.63, 3.8) is 0 Å². The molecule has 2 N–H and O–H groups in total. The predicted molar refractivity (Wildman–Crippen MR) is 101 cm³/mol. The average molecular weight is 343 g/mol. The largest absolute Gasteiger partial charge is 0.497 e. The highest BCUT2D eigenvalue weighted by molar-refractivity contribution is 5.79. The van der Waals surface area contributed by atoms with E-state index in [0.29, 0.717) is 6.54 Å². The lowest BCUT2D eigenvalue weighted by Crippen LogP contribution is -2.38. The Morgan fingerprint density at radius 1 is 1.00 bits per heavy atom. The van der Waals surface area contributed by atoms with E-state index < -0.39 is 0 Å². The number of ether oxygens (including phenoxy) is 1. The summed E-state index contributed by atoms with van der Waals surface area (Å²) >= 11 is 0. The minimum Gasteiger partial charge on any atom is -0.497 e. The van der Waals surface area contributed by atoms with Crippen LogP contribution in [0.15, 0.2) is 53.5 Å².